The molecule has 37 unspecified atom stereocenters. The second kappa shape index (κ2) is 27.7. The number of fused-ring (bicyclic) bond motifs is 7. The Morgan fingerprint density at radius 1 is 0.500 bits per heavy atom. The Bertz CT molecular complexity index is 2760. The molecule has 550 valence electrons. The van der Waals surface area contributed by atoms with Gasteiger partial charge in [0.25, 0.3) is 0 Å². The van der Waals surface area contributed by atoms with E-state index in [1.165, 1.54) is 13.8 Å². The standard InChI is InChI=1S/C65H104O31/c1-24-34(69)40(75)50(95-56-46(81)48(92-54-44(79)38(73)36(71)29(21-66)88-54)47(25(2)87-56)91-53-43(78)35(70)28(68)23-85-53)57(86-24)96-59(84)65-18-16-60(3,4)20-27(65)26-10-11-32-62(7)14-13-33(61(5,6)31(62)12-15-64(32,9)63(26,8)17-19-65)90-58-51(42(77)41(76)49(93-58)52(82)83)94-55-45(80)39(74)37(72)30(22-67)89-55/h10,24-25,27-51,53-58,66-81H,11-23H2,1-9H3,(H,82,83). The van der Waals surface area contributed by atoms with E-state index in [4.69, 9.17) is 56.8 Å². The maximum atomic E-state index is 15.8. The molecule has 11 aliphatic rings. The van der Waals surface area contributed by atoms with Gasteiger partial charge >= 0.3 is 11.9 Å². The number of allylic oxidation sites excluding steroid dienone is 2. The van der Waals surface area contributed by atoms with Gasteiger partial charge in [0.2, 0.25) is 6.29 Å². The molecular formula is C65H104O31. The summed E-state index contributed by atoms with van der Waals surface area (Å²) in [5.74, 6) is -2.48. The molecule has 37 atom stereocenters. The van der Waals surface area contributed by atoms with E-state index < -0.39 is 232 Å². The zero-order chi connectivity index (χ0) is 70.2. The van der Waals surface area contributed by atoms with E-state index in [0.29, 0.717) is 51.4 Å². The summed E-state index contributed by atoms with van der Waals surface area (Å²) < 4.78 is 72.9. The van der Waals surface area contributed by atoms with Gasteiger partial charge in [-0.3, -0.25) is 4.79 Å². The summed E-state index contributed by atoms with van der Waals surface area (Å²) in [5, 5.41) is 184. The zero-order valence-corrected chi connectivity index (χ0v) is 55.6. The number of aliphatic carboxylic acids is 1. The van der Waals surface area contributed by atoms with Crippen LogP contribution in [0.4, 0.5) is 0 Å². The Morgan fingerprint density at radius 2 is 1.04 bits per heavy atom. The van der Waals surface area contributed by atoms with Gasteiger partial charge < -0.3 is 144 Å². The number of aliphatic hydroxyl groups excluding tert-OH is 16. The van der Waals surface area contributed by atoms with Crippen LogP contribution in [0.15, 0.2) is 11.6 Å². The summed E-state index contributed by atoms with van der Waals surface area (Å²) in [6.07, 6.45) is -42.9. The number of carboxylic acids is 1. The molecule has 0 aromatic rings. The van der Waals surface area contributed by atoms with Crippen LogP contribution in [-0.4, -0.2) is 303 Å². The molecule has 96 heavy (non-hydrogen) atoms. The first-order chi connectivity index (χ1) is 44.9. The third kappa shape index (κ3) is 12.7. The van der Waals surface area contributed by atoms with Crippen molar-refractivity contribution in [1.82, 2.24) is 0 Å². The van der Waals surface area contributed by atoms with Gasteiger partial charge in [0.1, 0.15) is 116 Å². The highest BCUT2D eigenvalue weighted by molar-refractivity contribution is 5.79. The summed E-state index contributed by atoms with van der Waals surface area (Å²) >= 11 is 0. The Morgan fingerprint density at radius 3 is 1.65 bits per heavy atom. The molecule has 11 rings (SSSR count). The van der Waals surface area contributed by atoms with Crippen molar-refractivity contribution in [3.8, 4) is 0 Å². The van der Waals surface area contributed by atoms with E-state index >= 15 is 4.79 Å². The van der Waals surface area contributed by atoms with Gasteiger partial charge in [-0.1, -0.05) is 60.1 Å². The van der Waals surface area contributed by atoms with Crippen molar-refractivity contribution in [1.29, 1.82) is 0 Å². The van der Waals surface area contributed by atoms with Crippen LogP contribution in [0.3, 0.4) is 0 Å². The highest BCUT2D eigenvalue weighted by atomic mass is 16.8. The molecule has 10 fully saturated rings. The van der Waals surface area contributed by atoms with Gasteiger partial charge in [-0.15, -0.1) is 0 Å². The van der Waals surface area contributed by atoms with Gasteiger partial charge in [0, 0.05) is 0 Å². The molecule has 5 aliphatic carbocycles. The van der Waals surface area contributed by atoms with Crippen LogP contribution < -0.4 is 0 Å². The minimum absolute atomic E-state index is 0.0114. The lowest BCUT2D eigenvalue weighted by atomic mass is 9.33. The third-order valence-electron chi connectivity index (χ3n) is 25.1. The first-order valence-electron chi connectivity index (χ1n) is 34.0. The molecule has 0 amide bonds. The van der Waals surface area contributed by atoms with Crippen molar-refractivity contribution in [2.45, 2.75) is 311 Å². The molecule has 0 aromatic carbocycles. The monoisotopic (exact) mass is 1380 g/mol. The largest absolute Gasteiger partial charge is 0.479 e. The van der Waals surface area contributed by atoms with Crippen LogP contribution in [-0.2, 0) is 66.4 Å². The van der Waals surface area contributed by atoms with Crippen molar-refractivity contribution in [2.75, 3.05) is 19.8 Å². The predicted molar refractivity (Wildman–Crippen MR) is 320 cm³/mol. The van der Waals surface area contributed by atoms with Gasteiger partial charge in [-0.05, 0) is 123 Å². The molecule has 6 heterocycles. The zero-order valence-electron chi connectivity index (χ0n) is 55.6. The lowest BCUT2D eigenvalue weighted by Crippen LogP contribution is -2.67. The second-order valence-electron chi connectivity index (χ2n) is 31.4. The van der Waals surface area contributed by atoms with Crippen molar-refractivity contribution in [3.05, 3.63) is 11.6 Å². The predicted octanol–water partition coefficient (Wildman–Crippen LogP) is -3.60. The van der Waals surface area contributed by atoms with Gasteiger partial charge in [0.15, 0.2) is 43.7 Å². The fourth-order valence-corrected chi connectivity index (χ4v) is 19.1. The average Bonchev–Trinajstić information content (AvgIpc) is 0.676. The Labute approximate surface area is 556 Å². The number of hydrogen-bond acceptors (Lipinski definition) is 30. The number of carbonyl (C=O) groups is 2. The van der Waals surface area contributed by atoms with Crippen LogP contribution in [0.5, 0.6) is 0 Å². The van der Waals surface area contributed by atoms with Crippen molar-refractivity contribution >= 4 is 11.9 Å². The minimum Gasteiger partial charge on any atom is -0.479 e. The van der Waals surface area contributed by atoms with Crippen molar-refractivity contribution < 1.29 is 153 Å². The summed E-state index contributed by atoms with van der Waals surface area (Å²) in [4.78, 5) is 28.2. The molecule has 6 aliphatic heterocycles. The van der Waals surface area contributed by atoms with E-state index in [1.54, 1.807) is 0 Å². The van der Waals surface area contributed by atoms with E-state index in [1.807, 2.05) is 0 Å². The number of carboxylic acid groups (broad SMARTS) is 1. The van der Waals surface area contributed by atoms with Gasteiger partial charge in [0.05, 0.1) is 43.5 Å². The molecule has 6 saturated heterocycles. The molecule has 17 N–H and O–H groups in total. The van der Waals surface area contributed by atoms with Gasteiger partial charge in [-0.2, -0.15) is 0 Å². The van der Waals surface area contributed by atoms with E-state index in [-0.39, 0.29) is 34.0 Å². The van der Waals surface area contributed by atoms with Crippen LogP contribution in [0.1, 0.15) is 127 Å². The number of rotatable bonds is 15. The van der Waals surface area contributed by atoms with Gasteiger partial charge in [-0.25, -0.2) is 4.79 Å². The summed E-state index contributed by atoms with van der Waals surface area (Å²) in [6.45, 7) is 16.3. The molecule has 0 radical (unpaired) electrons. The van der Waals surface area contributed by atoms with E-state index in [9.17, 15) is 91.6 Å². The van der Waals surface area contributed by atoms with E-state index in [0.717, 1.165) is 18.4 Å². The number of ether oxygens (including phenoxy) is 12. The van der Waals surface area contributed by atoms with Crippen LogP contribution >= 0.6 is 0 Å². The molecule has 31 nitrogen and oxygen atoms in total. The lowest BCUT2D eigenvalue weighted by molar-refractivity contribution is -0.394. The quantitative estimate of drug-likeness (QED) is 0.0428. The number of hydrogen-bond donors (Lipinski definition) is 17. The number of aliphatic hydroxyl groups is 16. The molecule has 0 aromatic heterocycles. The summed E-state index contributed by atoms with van der Waals surface area (Å²) in [6, 6.07) is 0. The first kappa shape index (κ1) is 74.8. The lowest BCUT2D eigenvalue weighted by Gasteiger charge is -2.71. The maximum absolute atomic E-state index is 15.8. The van der Waals surface area contributed by atoms with Crippen molar-refractivity contribution in [3.63, 3.8) is 0 Å². The minimum atomic E-state index is -2.05. The molecule has 0 spiro atoms. The van der Waals surface area contributed by atoms with Crippen LogP contribution in [0, 0.1) is 50.2 Å². The third-order valence-corrected chi connectivity index (χ3v) is 25.1. The molecule has 4 saturated carbocycles. The molecule has 31 heteroatoms. The first-order valence-corrected chi connectivity index (χ1v) is 34.0. The summed E-state index contributed by atoms with van der Waals surface area (Å²) in [7, 11) is 0. The fraction of sp³-hybridized carbons (Fsp3) is 0.938. The highest BCUT2D eigenvalue weighted by Crippen LogP contribution is 2.76. The maximum Gasteiger partial charge on any atom is 0.335 e. The molecular weight excluding hydrogens is 1280 g/mol. The number of carbonyl (C=O) groups excluding carboxylic acids is 1. The second-order valence-corrected chi connectivity index (χ2v) is 31.4. The van der Waals surface area contributed by atoms with Crippen LogP contribution in [0.2, 0.25) is 0 Å². The Kier molecular flexibility index (Phi) is 21.5. The van der Waals surface area contributed by atoms with E-state index in [2.05, 4.69) is 54.5 Å². The fourth-order valence-electron chi connectivity index (χ4n) is 19.1. The van der Waals surface area contributed by atoms with Crippen molar-refractivity contribution in [2.24, 2.45) is 50.2 Å². The molecule has 0 bridgehead atoms. The SMILES string of the molecule is CC1OC(OC(=O)C23CCC(C)(C)CC2C2=CCC4C5(C)CCC(OC6OC(C(=O)O)C(O)C(O)C6OC6OC(CO)C(O)C(O)C6O)C(C)(C)C5CCC4(C)C2(C)CC3)C(OC2OC(C)C(OC3OCC(O)C(O)C3O)C(OC3OC(CO)C(O)C(O)C3O)C2O)C(O)C1O. The smallest absolute Gasteiger partial charge is 0.335 e. The number of esters is 1. The highest BCUT2D eigenvalue weighted by Gasteiger charge is 2.71. The Hall–Kier alpha value is -2.40. The topological polar surface area (TPSA) is 489 Å². The average molecular weight is 1380 g/mol. The summed E-state index contributed by atoms with van der Waals surface area (Å²) in [5.41, 5.74) is -2.00. The Balaban J connectivity index is 0.835. The van der Waals surface area contributed by atoms with Crippen LogP contribution in [0.25, 0.3) is 0 Å². The normalized spacial score (nSPS) is 54.1.